The number of likely N-dealkylation sites (tertiary alicyclic amines) is 1. The lowest BCUT2D eigenvalue weighted by Crippen LogP contribution is -2.47. The van der Waals surface area contributed by atoms with Gasteiger partial charge in [0.15, 0.2) is 5.78 Å². The smallest absolute Gasteiger partial charge is 0.234 e. The maximum Gasteiger partial charge on any atom is 0.234 e. The number of carbonyl (C=O) groups excluding carboxylic acids is 2. The molecule has 0 aliphatic carbocycles. The summed E-state index contributed by atoms with van der Waals surface area (Å²) in [6.07, 6.45) is 1.17. The number of ketones is 1. The van der Waals surface area contributed by atoms with E-state index in [-0.39, 0.29) is 23.7 Å². The summed E-state index contributed by atoms with van der Waals surface area (Å²) in [5.74, 6) is 1.52. The van der Waals surface area contributed by atoms with Crippen molar-refractivity contribution in [2.75, 3.05) is 19.6 Å². The standard InChI is InChI=1S/C15H28N2O2/c1-10(2)13-6-7-17(8-13)9-14(19)16-15(11(3)4)12(5)18/h10-11,13,15H,6-9H2,1-5H3,(H,16,19). The van der Waals surface area contributed by atoms with Gasteiger partial charge in [0, 0.05) is 6.54 Å². The van der Waals surface area contributed by atoms with E-state index in [9.17, 15) is 9.59 Å². The predicted octanol–water partition coefficient (Wildman–Crippen LogP) is 1.69. The molecule has 1 aliphatic heterocycles. The van der Waals surface area contributed by atoms with E-state index in [2.05, 4.69) is 24.1 Å². The molecule has 0 saturated carbocycles. The van der Waals surface area contributed by atoms with Gasteiger partial charge in [0.1, 0.15) is 0 Å². The Balaban J connectivity index is 2.41. The number of hydrogen-bond acceptors (Lipinski definition) is 3. The Labute approximate surface area is 116 Å². The zero-order valence-corrected chi connectivity index (χ0v) is 12.9. The molecule has 1 fully saturated rings. The van der Waals surface area contributed by atoms with Crippen molar-refractivity contribution in [3.8, 4) is 0 Å². The second-order valence-electron chi connectivity index (χ2n) is 6.43. The Morgan fingerprint density at radius 2 is 1.89 bits per heavy atom. The van der Waals surface area contributed by atoms with Gasteiger partial charge in [0.2, 0.25) is 5.91 Å². The molecule has 4 nitrogen and oxygen atoms in total. The molecule has 2 unspecified atom stereocenters. The minimum atomic E-state index is -0.351. The zero-order chi connectivity index (χ0) is 14.6. The molecule has 2 atom stereocenters. The van der Waals surface area contributed by atoms with E-state index < -0.39 is 0 Å². The molecule has 4 heteroatoms. The number of rotatable bonds is 6. The van der Waals surface area contributed by atoms with Crippen LogP contribution in [-0.2, 0) is 9.59 Å². The summed E-state index contributed by atoms with van der Waals surface area (Å²) < 4.78 is 0. The van der Waals surface area contributed by atoms with Gasteiger partial charge in [-0.15, -0.1) is 0 Å². The predicted molar refractivity (Wildman–Crippen MR) is 76.8 cm³/mol. The van der Waals surface area contributed by atoms with Crippen LogP contribution in [0.15, 0.2) is 0 Å². The van der Waals surface area contributed by atoms with Crippen molar-refractivity contribution >= 4 is 11.7 Å². The topological polar surface area (TPSA) is 49.4 Å². The van der Waals surface area contributed by atoms with Crippen molar-refractivity contribution in [1.82, 2.24) is 10.2 Å². The van der Waals surface area contributed by atoms with Gasteiger partial charge in [-0.1, -0.05) is 27.7 Å². The Morgan fingerprint density at radius 3 is 2.32 bits per heavy atom. The monoisotopic (exact) mass is 268 g/mol. The number of hydrogen-bond donors (Lipinski definition) is 1. The molecule has 1 heterocycles. The molecular formula is C15H28N2O2. The average Bonchev–Trinajstić information content (AvgIpc) is 2.73. The molecule has 1 rings (SSSR count). The average molecular weight is 268 g/mol. The van der Waals surface area contributed by atoms with Crippen LogP contribution in [0.25, 0.3) is 0 Å². The van der Waals surface area contributed by atoms with Crippen molar-refractivity contribution < 1.29 is 9.59 Å². The second-order valence-corrected chi connectivity index (χ2v) is 6.43. The molecule has 0 aromatic carbocycles. The van der Waals surface area contributed by atoms with E-state index in [1.807, 2.05) is 13.8 Å². The fourth-order valence-corrected chi connectivity index (χ4v) is 2.71. The van der Waals surface area contributed by atoms with Crippen LogP contribution in [-0.4, -0.2) is 42.3 Å². The van der Waals surface area contributed by atoms with E-state index in [4.69, 9.17) is 0 Å². The van der Waals surface area contributed by atoms with Crippen LogP contribution in [0.4, 0.5) is 0 Å². The number of nitrogens with zero attached hydrogens (tertiary/aromatic N) is 1. The van der Waals surface area contributed by atoms with Gasteiger partial charge in [-0.3, -0.25) is 14.5 Å². The first-order valence-electron chi connectivity index (χ1n) is 7.33. The van der Waals surface area contributed by atoms with Gasteiger partial charge in [-0.25, -0.2) is 0 Å². The minimum absolute atomic E-state index is 0.0293. The number of carbonyl (C=O) groups is 2. The zero-order valence-electron chi connectivity index (χ0n) is 12.9. The fourth-order valence-electron chi connectivity index (χ4n) is 2.71. The highest BCUT2D eigenvalue weighted by Gasteiger charge is 2.27. The third-order valence-electron chi connectivity index (χ3n) is 4.04. The van der Waals surface area contributed by atoms with E-state index in [1.165, 1.54) is 13.3 Å². The molecule has 110 valence electrons. The highest BCUT2D eigenvalue weighted by Crippen LogP contribution is 2.23. The molecule has 0 radical (unpaired) electrons. The highest BCUT2D eigenvalue weighted by molar-refractivity contribution is 5.88. The van der Waals surface area contributed by atoms with Gasteiger partial charge in [0.05, 0.1) is 12.6 Å². The summed E-state index contributed by atoms with van der Waals surface area (Å²) in [4.78, 5) is 25.7. The Kier molecular flexibility index (Phi) is 5.98. The van der Waals surface area contributed by atoms with Crippen molar-refractivity contribution in [3.63, 3.8) is 0 Å². The lowest BCUT2D eigenvalue weighted by atomic mass is 9.95. The van der Waals surface area contributed by atoms with Crippen LogP contribution in [0.3, 0.4) is 0 Å². The first-order valence-corrected chi connectivity index (χ1v) is 7.33. The molecule has 1 aliphatic rings. The molecule has 0 aromatic rings. The van der Waals surface area contributed by atoms with Crippen LogP contribution in [0.5, 0.6) is 0 Å². The Hall–Kier alpha value is -0.900. The van der Waals surface area contributed by atoms with Crippen molar-refractivity contribution in [2.45, 2.75) is 47.1 Å². The minimum Gasteiger partial charge on any atom is -0.345 e. The molecule has 1 N–H and O–H groups in total. The fraction of sp³-hybridized carbons (Fsp3) is 0.867. The quantitative estimate of drug-likeness (QED) is 0.797. The van der Waals surface area contributed by atoms with Crippen LogP contribution in [0, 0.1) is 17.8 Å². The maximum atomic E-state index is 12.0. The Bertz CT molecular complexity index is 326. The van der Waals surface area contributed by atoms with Gasteiger partial charge in [0.25, 0.3) is 0 Å². The number of Topliss-reactive ketones (excluding diaryl/α,β-unsaturated/α-hetero) is 1. The largest absolute Gasteiger partial charge is 0.345 e. The molecule has 1 saturated heterocycles. The molecule has 0 aromatic heterocycles. The van der Waals surface area contributed by atoms with Crippen LogP contribution in [0.2, 0.25) is 0 Å². The van der Waals surface area contributed by atoms with Gasteiger partial charge in [-0.2, -0.15) is 0 Å². The normalized spacial score (nSPS) is 21.9. The first-order chi connectivity index (χ1) is 8.81. The third kappa shape index (κ3) is 4.94. The Morgan fingerprint density at radius 1 is 1.26 bits per heavy atom. The molecular weight excluding hydrogens is 240 g/mol. The summed E-state index contributed by atoms with van der Waals surface area (Å²) in [6.45, 7) is 12.3. The summed E-state index contributed by atoms with van der Waals surface area (Å²) in [5, 5.41) is 2.86. The molecule has 0 bridgehead atoms. The van der Waals surface area contributed by atoms with Crippen LogP contribution in [0.1, 0.15) is 41.0 Å². The van der Waals surface area contributed by atoms with Gasteiger partial charge < -0.3 is 5.32 Å². The first kappa shape index (κ1) is 16.2. The van der Waals surface area contributed by atoms with Crippen molar-refractivity contribution in [2.24, 2.45) is 17.8 Å². The van der Waals surface area contributed by atoms with E-state index in [0.29, 0.717) is 18.4 Å². The van der Waals surface area contributed by atoms with E-state index in [1.54, 1.807) is 0 Å². The lowest BCUT2D eigenvalue weighted by Gasteiger charge is -2.22. The number of amides is 1. The summed E-state index contributed by atoms with van der Waals surface area (Å²) in [5.41, 5.74) is 0. The van der Waals surface area contributed by atoms with Gasteiger partial charge in [-0.05, 0) is 37.6 Å². The van der Waals surface area contributed by atoms with E-state index >= 15 is 0 Å². The highest BCUT2D eigenvalue weighted by atomic mass is 16.2. The second kappa shape index (κ2) is 7.04. The molecule has 0 spiro atoms. The van der Waals surface area contributed by atoms with Crippen molar-refractivity contribution in [1.29, 1.82) is 0 Å². The number of nitrogens with one attached hydrogen (secondary N) is 1. The van der Waals surface area contributed by atoms with Crippen LogP contribution < -0.4 is 5.32 Å². The summed E-state index contributed by atoms with van der Waals surface area (Å²) in [6, 6.07) is -0.351. The van der Waals surface area contributed by atoms with Crippen LogP contribution >= 0.6 is 0 Å². The molecule has 19 heavy (non-hydrogen) atoms. The van der Waals surface area contributed by atoms with Crippen molar-refractivity contribution in [3.05, 3.63) is 0 Å². The maximum absolute atomic E-state index is 12.0. The third-order valence-corrected chi connectivity index (χ3v) is 4.04. The molecule has 1 amide bonds. The van der Waals surface area contributed by atoms with Gasteiger partial charge >= 0.3 is 0 Å². The summed E-state index contributed by atoms with van der Waals surface area (Å²) in [7, 11) is 0. The van der Waals surface area contributed by atoms with E-state index in [0.717, 1.165) is 13.1 Å². The SMILES string of the molecule is CC(=O)C(NC(=O)CN1CCC(C(C)C)C1)C(C)C. The lowest BCUT2D eigenvalue weighted by molar-refractivity contribution is -0.128. The summed E-state index contributed by atoms with van der Waals surface area (Å²) >= 11 is 0.